The summed E-state index contributed by atoms with van der Waals surface area (Å²) in [4.78, 5) is 6.62. The van der Waals surface area contributed by atoms with Gasteiger partial charge in [0.15, 0.2) is 0 Å². The number of thiazole rings is 1. The lowest BCUT2D eigenvalue weighted by Crippen LogP contribution is -1.78. The molecule has 0 aliphatic heterocycles. The van der Waals surface area contributed by atoms with E-state index in [1.807, 2.05) is 0 Å². The second-order valence-corrected chi connectivity index (χ2v) is 5.91. The Balaban J connectivity index is 1.93. The van der Waals surface area contributed by atoms with E-state index < -0.39 is 0 Å². The van der Waals surface area contributed by atoms with E-state index in [0.29, 0.717) is 6.42 Å². The monoisotopic (exact) mass is 260 g/mol. The van der Waals surface area contributed by atoms with Crippen LogP contribution in [0.15, 0.2) is 35.4 Å². The van der Waals surface area contributed by atoms with Crippen molar-refractivity contribution in [1.29, 1.82) is 5.26 Å². The summed E-state index contributed by atoms with van der Waals surface area (Å²) in [6, 6.07) is 10.6. The van der Waals surface area contributed by atoms with Crippen molar-refractivity contribution in [2.24, 2.45) is 0 Å². The van der Waals surface area contributed by atoms with Crippen molar-refractivity contribution < 1.29 is 0 Å². The molecule has 86 valence electrons. The van der Waals surface area contributed by atoms with E-state index >= 15 is 0 Å². The highest BCUT2D eigenvalue weighted by Crippen LogP contribution is 2.25. The predicted octanol–water partition coefficient (Wildman–Crippen LogP) is 3.81. The van der Waals surface area contributed by atoms with Crippen molar-refractivity contribution in [3.63, 3.8) is 0 Å². The maximum Gasteiger partial charge on any atom is 0.103 e. The lowest BCUT2D eigenvalue weighted by Gasteiger charge is -1.99. The molecular formula is C13H12N2S2. The summed E-state index contributed by atoms with van der Waals surface area (Å²) < 4.78 is 0. The van der Waals surface area contributed by atoms with E-state index in [1.165, 1.54) is 10.5 Å². The van der Waals surface area contributed by atoms with Crippen LogP contribution >= 0.6 is 23.1 Å². The van der Waals surface area contributed by atoms with Gasteiger partial charge in [0.1, 0.15) is 5.01 Å². The fourth-order valence-electron chi connectivity index (χ4n) is 1.35. The lowest BCUT2D eigenvalue weighted by atomic mass is 10.2. The fraction of sp³-hybridized carbons (Fsp3) is 0.231. The summed E-state index contributed by atoms with van der Waals surface area (Å²) >= 11 is 3.40. The Hall–Kier alpha value is -1.31. The number of benzene rings is 1. The molecule has 0 saturated carbocycles. The number of nitrogens with zero attached hydrogens (tertiary/aromatic N) is 2. The van der Waals surface area contributed by atoms with E-state index in [9.17, 15) is 0 Å². The summed E-state index contributed by atoms with van der Waals surface area (Å²) in [5.74, 6) is 0.874. The minimum absolute atomic E-state index is 0.465. The van der Waals surface area contributed by atoms with Gasteiger partial charge in [-0.15, -0.1) is 23.1 Å². The lowest BCUT2D eigenvalue weighted by molar-refractivity contribution is 1.23. The van der Waals surface area contributed by atoms with Crippen molar-refractivity contribution in [2.75, 3.05) is 0 Å². The minimum Gasteiger partial charge on any atom is -0.248 e. The Morgan fingerprint density at radius 3 is 2.82 bits per heavy atom. The largest absolute Gasteiger partial charge is 0.248 e. The smallest absolute Gasteiger partial charge is 0.103 e. The van der Waals surface area contributed by atoms with Gasteiger partial charge in [0.2, 0.25) is 0 Å². The normalized spacial score (nSPS) is 10.1. The summed E-state index contributed by atoms with van der Waals surface area (Å²) in [5, 5.41) is 9.67. The molecule has 2 nitrogen and oxygen atoms in total. The Morgan fingerprint density at radius 1 is 1.35 bits per heavy atom. The molecule has 0 fully saturated rings. The van der Waals surface area contributed by atoms with Crippen molar-refractivity contribution >= 4 is 23.1 Å². The number of aryl methyl sites for hydroxylation is 1. The van der Waals surface area contributed by atoms with Gasteiger partial charge in [0.05, 0.1) is 18.2 Å². The van der Waals surface area contributed by atoms with Crippen LogP contribution < -0.4 is 0 Å². The van der Waals surface area contributed by atoms with Gasteiger partial charge < -0.3 is 0 Å². The van der Waals surface area contributed by atoms with Gasteiger partial charge in [0, 0.05) is 16.0 Å². The number of hydrogen-bond donors (Lipinski definition) is 0. The molecule has 0 atom stereocenters. The van der Waals surface area contributed by atoms with E-state index in [1.54, 1.807) is 29.3 Å². The summed E-state index contributed by atoms with van der Waals surface area (Å²) in [6.07, 6.45) is 2.27. The molecule has 4 heteroatoms. The number of aromatic nitrogens is 1. The van der Waals surface area contributed by atoms with Crippen LogP contribution in [0, 0.1) is 18.3 Å². The van der Waals surface area contributed by atoms with Crippen LogP contribution in [0.1, 0.15) is 15.4 Å². The average Bonchev–Trinajstić information content (AvgIpc) is 2.77. The van der Waals surface area contributed by atoms with Gasteiger partial charge in [-0.3, -0.25) is 0 Å². The minimum atomic E-state index is 0.465. The molecule has 1 aromatic carbocycles. The molecule has 0 saturated heterocycles. The van der Waals surface area contributed by atoms with E-state index in [4.69, 9.17) is 5.26 Å². The molecule has 0 aliphatic rings. The van der Waals surface area contributed by atoms with Gasteiger partial charge in [0.25, 0.3) is 0 Å². The number of nitriles is 1. The third-order valence-corrected chi connectivity index (χ3v) is 4.44. The highest BCUT2D eigenvalue weighted by Gasteiger charge is 2.02. The maximum absolute atomic E-state index is 8.59. The predicted molar refractivity (Wildman–Crippen MR) is 72.2 cm³/mol. The maximum atomic E-state index is 8.59. The van der Waals surface area contributed by atoms with Crippen molar-refractivity contribution in [2.45, 2.75) is 24.0 Å². The van der Waals surface area contributed by atoms with Crippen LogP contribution in [0.4, 0.5) is 0 Å². The second kappa shape index (κ2) is 5.85. The van der Waals surface area contributed by atoms with Gasteiger partial charge in [-0.1, -0.05) is 17.7 Å². The van der Waals surface area contributed by atoms with Gasteiger partial charge >= 0.3 is 0 Å². The zero-order valence-electron chi connectivity index (χ0n) is 9.51. The number of hydrogen-bond acceptors (Lipinski definition) is 4. The molecule has 1 aromatic heterocycles. The molecule has 2 aromatic rings. The first-order chi connectivity index (χ1) is 8.28. The number of thioether (sulfide) groups is 1. The standard InChI is InChI=1S/C13H12N2S2/c1-10-2-4-11(5-3-10)16-9-13-15-8-12(17-13)6-7-14/h2-5,8H,6,9H2,1H3. The first-order valence-corrected chi connectivity index (χ1v) is 7.08. The van der Waals surface area contributed by atoms with Gasteiger partial charge in [-0.2, -0.15) is 5.26 Å². The SMILES string of the molecule is Cc1ccc(SCc2ncc(CC#N)s2)cc1. The first kappa shape index (κ1) is 12.2. The van der Waals surface area contributed by atoms with Crippen LogP contribution in [0.25, 0.3) is 0 Å². The summed E-state index contributed by atoms with van der Waals surface area (Å²) in [5.41, 5.74) is 1.28. The third kappa shape index (κ3) is 3.58. The third-order valence-electron chi connectivity index (χ3n) is 2.24. The molecule has 0 unspecified atom stereocenters. The van der Waals surface area contributed by atoms with E-state index in [-0.39, 0.29) is 0 Å². The van der Waals surface area contributed by atoms with Gasteiger partial charge in [-0.05, 0) is 19.1 Å². The molecule has 0 bridgehead atoms. The zero-order valence-corrected chi connectivity index (χ0v) is 11.1. The molecule has 0 aliphatic carbocycles. The average molecular weight is 260 g/mol. The van der Waals surface area contributed by atoms with E-state index in [0.717, 1.165) is 15.6 Å². The summed E-state index contributed by atoms with van der Waals surface area (Å²) in [6.45, 7) is 2.09. The Labute approximate surface area is 109 Å². The molecular weight excluding hydrogens is 248 g/mol. The van der Waals surface area contributed by atoms with E-state index in [2.05, 4.69) is 42.2 Å². The Bertz CT molecular complexity index is 523. The number of rotatable bonds is 4. The van der Waals surface area contributed by atoms with Crippen LogP contribution in [0.5, 0.6) is 0 Å². The highest BCUT2D eigenvalue weighted by atomic mass is 32.2. The molecule has 0 spiro atoms. The van der Waals surface area contributed by atoms with Crippen molar-refractivity contribution in [1.82, 2.24) is 4.98 Å². The van der Waals surface area contributed by atoms with Crippen LogP contribution in [0.3, 0.4) is 0 Å². The zero-order chi connectivity index (χ0) is 12.1. The Kier molecular flexibility index (Phi) is 4.18. The Morgan fingerprint density at radius 2 is 2.12 bits per heavy atom. The molecule has 0 amide bonds. The second-order valence-electron chi connectivity index (χ2n) is 3.66. The highest BCUT2D eigenvalue weighted by molar-refractivity contribution is 7.98. The molecule has 0 N–H and O–H groups in total. The summed E-state index contributed by atoms with van der Waals surface area (Å²) in [7, 11) is 0. The molecule has 2 rings (SSSR count). The van der Waals surface area contributed by atoms with Crippen molar-refractivity contribution in [3.05, 3.63) is 45.9 Å². The topological polar surface area (TPSA) is 36.7 Å². The van der Waals surface area contributed by atoms with Crippen LogP contribution in [0.2, 0.25) is 0 Å². The molecule has 17 heavy (non-hydrogen) atoms. The molecule has 1 heterocycles. The quantitative estimate of drug-likeness (QED) is 0.784. The van der Waals surface area contributed by atoms with Gasteiger partial charge in [-0.25, -0.2) is 4.98 Å². The van der Waals surface area contributed by atoms with Crippen LogP contribution in [-0.4, -0.2) is 4.98 Å². The first-order valence-electron chi connectivity index (χ1n) is 5.28. The molecule has 0 radical (unpaired) electrons. The fourth-order valence-corrected chi connectivity index (χ4v) is 3.11. The van der Waals surface area contributed by atoms with Crippen molar-refractivity contribution in [3.8, 4) is 6.07 Å². The van der Waals surface area contributed by atoms with Crippen LogP contribution in [-0.2, 0) is 12.2 Å².